The zero-order valence-electron chi connectivity index (χ0n) is 11.8. The predicted molar refractivity (Wildman–Crippen MR) is 79.4 cm³/mol. The lowest BCUT2D eigenvalue weighted by atomic mass is 9.92. The molecule has 7 heteroatoms. The van der Waals surface area contributed by atoms with Gasteiger partial charge in [-0.05, 0) is 48.0 Å². The number of aromatic nitrogens is 2. The van der Waals surface area contributed by atoms with Gasteiger partial charge in [0.05, 0.1) is 12.6 Å². The molecule has 0 aliphatic heterocycles. The number of aliphatic hydroxyl groups is 1. The molecule has 1 aliphatic rings. The van der Waals surface area contributed by atoms with E-state index in [1.807, 2.05) is 7.05 Å². The Labute approximate surface area is 131 Å². The van der Waals surface area contributed by atoms with E-state index in [-0.39, 0.29) is 12.1 Å². The largest absolute Gasteiger partial charge is 0.444 e. The molecule has 0 spiro atoms. The molecule has 3 rings (SSSR count). The Morgan fingerprint density at radius 2 is 2.10 bits per heavy atom. The standard InChI is InChI=1S/C14H18BrN3O3/c1-18(9-4-2-3-5-10(9)19)8-13-16-17-14(21-13)11-6-7-12(15)20-11/h6-7,9-10,19H,2-5,8H2,1H3. The van der Waals surface area contributed by atoms with Crippen molar-refractivity contribution in [2.75, 3.05) is 7.05 Å². The topological polar surface area (TPSA) is 75.5 Å². The van der Waals surface area contributed by atoms with Gasteiger partial charge < -0.3 is 13.9 Å². The number of aliphatic hydroxyl groups excluding tert-OH is 1. The van der Waals surface area contributed by atoms with Crippen molar-refractivity contribution in [3.63, 3.8) is 0 Å². The Hall–Kier alpha value is -1.18. The van der Waals surface area contributed by atoms with Gasteiger partial charge in [-0.2, -0.15) is 0 Å². The Bertz CT molecular complexity index is 598. The van der Waals surface area contributed by atoms with Gasteiger partial charge in [0.2, 0.25) is 5.89 Å². The summed E-state index contributed by atoms with van der Waals surface area (Å²) in [4.78, 5) is 2.08. The highest BCUT2D eigenvalue weighted by Gasteiger charge is 2.27. The van der Waals surface area contributed by atoms with E-state index in [0.29, 0.717) is 28.8 Å². The lowest BCUT2D eigenvalue weighted by Crippen LogP contribution is -2.42. The van der Waals surface area contributed by atoms with E-state index in [4.69, 9.17) is 8.83 Å². The van der Waals surface area contributed by atoms with Crippen molar-refractivity contribution >= 4 is 15.9 Å². The molecule has 0 saturated heterocycles. The zero-order chi connectivity index (χ0) is 14.8. The molecule has 2 atom stereocenters. The number of likely N-dealkylation sites (N-methyl/N-ethyl adjacent to an activating group) is 1. The van der Waals surface area contributed by atoms with Crippen LogP contribution in [0.3, 0.4) is 0 Å². The van der Waals surface area contributed by atoms with Crippen LogP contribution in [0.5, 0.6) is 0 Å². The van der Waals surface area contributed by atoms with E-state index in [9.17, 15) is 5.11 Å². The molecule has 2 aromatic heterocycles. The number of hydrogen-bond acceptors (Lipinski definition) is 6. The summed E-state index contributed by atoms with van der Waals surface area (Å²) in [5.41, 5.74) is 0. The number of rotatable bonds is 4. The number of furan rings is 1. The Kier molecular flexibility index (Phi) is 4.42. The number of halogens is 1. The van der Waals surface area contributed by atoms with Crippen LogP contribution in [0.25, 0.3) is 11.7 Å². The van der Waals surface area contributed by atoms with Gasteiger partial charge in [0.15, 0.2) is 10.4 Å². The van der Waals surface area contributed by atoms with Gasteiger partial charge in [0.25, 0.3) is 5.89 Å². The Morgan fingerprint density at radius 3 is 2.81 bits per heavy atom. The molecule has 114 valence electrons. The van der Waals surface area contributed by atoms with E-state index < -0.39 is 0 Å². The fourth-order valence-corrected chi connectivity index (χ4v) is 3.09. The summed E-state index contributed by atoms with van der Waals surface area (Å²) in [5, 5.41) is 18.1. The average molecular weight is 356 g/mol. The third kappa shape index (κ3) is 3.36. The quantitative estimate of drug-likeness (QED) is 0.908. The third-order valence-electron chi connectivity index (χ3n) is 3.90. The monoisotopic (exact) mass is 355 g/mol. The molecule has 21 heavy (non-hydrogen) atoms. The predicted octanol–water partition coefficient (Wildman–Crippen LogP) is 2.83. The van der Waals surface area contributed by atoms with E-state index in [1.165, 1.54) is 0 Å². The maximum absolute atomic E-state index is 10.1. The Balaban J connectivity index is 1.66. The van der Waals surface area contributed by atoms with Gasteiger partial charge in [0.1, 0.15) is 0 Å². The van der Waals surface area contributed by atoms with Crippen LogP contribution in [0.4, 0.5) is 0 Å². The minimum absolute atomic E-state index is 0.159. The van der Waals surface area contributed by atoms with Crippen LogP contribution in [-0.2, 0) is 6.54 Å². The summed E-state index contributed by atoms with van der Waals surface area (Å²) >= 11 is 3.24. The molecule has 2 unspecified atom stereocenters. The van der Waals surface area contributed by atoms with E-state index >= 15 is 0 Å². The molecule has 1 saturated carbocycles. The van der Waals surface area contributed by atoms with Gasteiger partial charge in [0, 0.05) is 6.04 Å². The molecule has 0 aromatic carbocycles. The molecule has 6 nitrogen and oxygen atoms in total. The minimum atomic E-state index is -0.271. The summed E-state index contributed by atoms with van der Waals surface area (Å²) in [5.74, 6) is 1.44. The van der Waals surface area contributed by atoms with Crippen LogP contribution in [0.1, 0.15) is 31.6 Å². The highest BCUT2D eigenvalue weighted by atomic mass is 79.9. The molecular weight excluding hydrogens is 338 g/mol. The van der Waals surface area contributed by atoms with Crippen LogP contribution in [-0.4, -0.2) is 39.4 Å². The van der Waals surface area contributed by atoms with E-state index in [2.05, 4.69) is 31.0 Å². The molecule has 2 heterocycles. The van der Waals surface area contributed by atoms with Crippen molar-refractivity contribution in [1.82, 2.24) is 15.1 Å². The first-order valence-corrected chi connectivity index (χ1v) is 7.89. The maximum Gasteiger partial charge on any atom is 0.283 e. The van der Waals surface area contributed by atoms with Gasteiger partial charge in [-0.3, -0.25) is 4.90 Å². The van der Waals surface area contributed by atoms with Crippen LogP contribution >= 0.6 is 15.9 Å². The highest BCUT2D eigenvalue weighted by Crippen LogP contribution is 2.26. The van der Waals surface area contributed by atoms with Crippen LogP contribution in [0, 0.1) is 0 Å². The maximum atomic E-state index is 10.1. The number of hydrogen-bond donors (Lipinski definition) is 1. The second kappa shape index (κ2) is 6.29. The molecule has 1 N–H and O–H groups in total. The van der Waals surface area contributed by atoms with Gasteiger partial charge in [-0.1, -0.05) is 12.8 Å². The summed E-state index contributed by atoms with van der Waals surface area (Å²) in [6.45, 7) is 0.524. The van der Waals surface area contributed by atoms with Crippen molar-refractivity contribution in [3.8, 4) is 11.7 Å². The van der Waals surface area contributed by atoms with Crippen molar-refractivity contribution in [3.05, 3.63) is 22.7 Å². The fourth-order valence-electron chi connectivity index (χ4n) is 2.78. The molecule has 1 fully saturated rings. The lowest BCUT2D eigenvalue weighted by molar-refractivity contribution is 0.0256. The van der Waals surface area contributed by atoms with Crippen molar-refractivity contribution in [1.29, 1.82) is 0 Å². The molecule has 0 bridgehead atoms. The van der Waals surface area contributed by atoms with E-state index in [0.717, 1.165) is 25.7 Å². The second-order valence-electron chi connectivity index (χ2n) is 5.44. The first-order valence-electron chi connectivity index (χ1n) is 7.10. The first-order chi connectivity index (χ1) is 10.1. The Morgan fingerprint density at radius 1 is 1.29 bits per heavy atom. The molecule has 0 radical (unpaired) electrons. The molecule has 1 aliphatic carbocycles. The second-order valence-corrected chi connectivity index (χ2v) is 6.22. The summed E-state index contributed by atoms with van der Waals surface area (Å²) < 4.78 is 11.6. The SMILES string of the molecule is CN(Cc1nnc(-c2ccc(Br)o2)o1)C1CCCCC1O. The fraction of sp³-hybridized carbons (Fsp3) is 0.571. The van der Waals surface area contributed by atoms with Gasteiger partial charge in [-0.15, -0.1) is 10.2 Å². The first kappa shape index (κ1) is 14.7. The summed E-state index contributed by atoms with van der Waals surface area (Å²) in [6, 6.07) is 3.71. The number of nitrogens with zero attached hydrogens (tertiary/aromatic N) is 3. The smallest absolute Gasteiger partial charge is 0.283 e. The van der Waals surface area contributed by atoms with Crippen molar-refractivity contribution < 1.29 is 13.9 Å². The van der Waals surface area contributed by atoms with Crippen LogP contribution < -0.4 is 0 Å². The lowest BCUT2D eigenvalue weighted by Gasteiger charge is -2.34. The normalized spacial score (nSPS) is 22.9. The van der Waals surface area contributed by atoms with Crippen LogP contribution in [0.15, 0.2) is 25.6 Å². The zero-order valence-corrected chi connectivity index (χ0v) is 13.4. The van der Waals surface area contributed by atoms with Crippen molar-refractivity contribution in [2.45, 2.75) is 44.4 Å². The molecular formula is C14H18BrN3O3. The molecule has 2 aromatic rings. The minimum Gasteiger partial charge on any atom is -0.444 e. The third-order valence-corrected chi connectivity index (χ3v) is 4.32. The van der Waals surface area contributed by atoms with Crippen molar-refractivity contribution in [2.24, 2.45) is 0 Å². The summed E-state index contributed by atoms with van der Waals surface area (Å²) in [7, 11) is 1.98. The van der Waals surface area contributed by atoms with E-state index in [1.54, 1.807) is 12.1 Å². The average Bonchev–Trinajstić information content (AvgIpc) is 3.08. The molecule has 0 amide bonds. The van der Waals surface area contributed by atoms with Gasteiger partial charge >= 0.3 is 0 Å². The summed E-state index contributed by atoms with van der Waals surface area (Å²) in [6.07, 6.45) is 3.85. The van der Waals surface area contributed by atoms with Gasteiger partial charge in [-0.25, -0.2) is 0 Å². The van der Waals surface area contributed by atoms with Crippen LogP contribution in [0.2, 0.25) is 0 Å². The highest BCUT2D eigenvalue weighted by molar-refractivity contribution is 9.10.